The summed E-state index contributed by atoms with van der Waals surface area (Å²) in [5.74, 6) is 1.51. The van der Waals surface area contributed by atoms with E-state index in [0.29, 0.717) is 5.82 Å². The quantitative estimate of drug-likeness (QED) is 0.145. The lowest BCUT2D eigenvalue weighted by Gasteiger charge is -2.18. The van der Waals surface area contributed by atoms with Gasteiger partial charge < -0.3 is 0 Å². The molecule has 0 radical (unpaired) electrons. The Morgan fingerprint density at radius 2 is 0.729 bits per heavy atom. The molecule has 0 spiro atoms. The van der Waals surface area contributed by atoms with Gasteiger partial charge in [0.1, 0.15) is 0 Å². The molecule has 0 amide bonds. The lowest BCUT2D eigenvalue weighted by atomic mass is 9.92. The number of nitrogens with zero attached hydrogens (tertiary/aromatic N) is 5. The normalized spacial score (nSPS) is 11.4. The summed E-state index contributed by atoms with van der Waals surface area (Å²) >= 11 is 0. The molecule has 0 unspecified atom stereocenters. The summed E-state index contributed by atoms with van der Waals surface area (Å²) in [5.41, 5.74) is 21.1. The molecule has 13 rings (SSSR count). The zero-order valence-electron chi connectivity index (χ0n) is 38.1. The Kier molecular flexibility index (Phi) is 10.1. The summed E-state index contributed by atoms with van der Waals surface area (Å²) in [4.78, 5) is 16.0. The van der Waals surface area contributed by atoms with E-state index in [0.717, 1.165) is 117 Å². The lowest BCUT2D eigenvalue weighted by molar-refractivity contribution is 1.11. The van der Waals surface area contributed by atoms with Gasteiger partial charge in [-0.1, -0.05) is 224 Å². The number of para-hydroxylation sites is 1. The third kappa shape index (κ3) is 7.25. The SMILES string of the molecule is c1ccc(-c2ccc3nc4n(-c5c(-c6ccccc6)cccc5-c5ccccc5)c5ccc(-c6ccc(-c7nc(-c8ccccc8)cc(-c8ccccc8)n7)cc6-c6ccccc6)cc5n4c3c2)cc1. The monoisotopic (exact) mass is 893 g/mol. The Morgan fingerprint density at radius 3 is 1.29 bits per heavy atom. The Morgan fingerprint density at radius 1 is 0.257 bits per heavy atom. The largest absolute Gasteiger partial charge is 0.277 e. The fourth-order valence-electron chi connectivity index (χ4n) is 10.0. The molecule has 0 aliphatic carbocycles. The van der Waals surface area contributed by atoms with Crippen molar-refractivity contribution in [2.75, 3.05) is 0 Å². The maximum atomic E-state index is 5.52. The molecule has 10 aromatic carbocycles. The summed E-state index contributed by atoms with van der Waals surface area (Å²) in [7, 11) is 0. The smallest absolute Gasteiger partial charge is 0.220 e. The standard InChI is InChI=1S/C65H43N5/c1-7-20-44(21-8-1)50-35-38-57-61(41-50)69-62-42-51(36-39-60(62)70(65(69)68-57)63-54(45-22-9-2-10-23-45)32-19-33-55(63)46-24-11-3-12-25-46)53-37-34-52(40-56(53)47-26-13-4-14-27-47)64-66-58(48-28-15-5-16-29-48)43-59(67-64)49-30-17-6-18-31-49/h1-43H. The second kappa shape index (κ2) is 17.3. The Labute approximate surface area is 406 Å². The van der Waals surface area contributed by atoms with E-state index in [9.17, 15) is 0 Å². The zero-order valence-corrected chi connectivity index (χ0v) is 38.1. The number of hydrogen-bond donors (Lipinski definition) is 0. The van der Waals surface area contributed by atoms with Crippen LogP contribution in [0.3, 0.4) is 0 Å². The van der Waals surface area contributed by atoms with Crippen LogP contribution in [0.4, 0.5) is 0 Å². The maximum absolute atomic E-state index is 5.52. The van der Waals surface area contributed by atoms with Crippen molar-refractivity contribution < 1.29 is 0 Å². The number of benzene rings is 10. The van der Waals surface area contributed by atoms with Crippen molar-refractivity contribution in [1.82, 2.24) is 23.9 Å². The molecule has 3 heterocycles. The first kappa shape index (κ1) is 40.8. The lowest BCUT2D eigenvalue weighted by Crippen LogP contribution is -2.01. The highest BCUT2D eigenvalue weighted by atomic mass is 15.2. The Balaban J connectivity index is 1.07. The van der Waals surface area contributed by atoms with E-state index in [4.69, 9.17) is 15.0 Å². The summed E-state index contributed by atoms with van der Waals surface area (Å²) in [6.07, 6.45) is 0. The minimum atomic E-state index is 0.670. The number of imidazole rings is 2. The van der Waals surface area contributed by atoms with Gasteiger partial charge >= 0.3 is 0 Å². The van der Waals surface area contributed by atoms with E-state index in [1.165, 1.54) is 0 Å². The van der Waals surface area contributed by atoms with Gasteiger partial charge in [-0.2, -0.15) is 0 Å². The molecule has 5 nitrogen and oxygen atoms in total. The van der Waals surface area contributed by atoms with Gasteiger partial charge in [-0.25, -0.2) is 15.0 Å². The number of rotatable bonds is 9. The topological polar surface area (TPSA) is 48.0 Å². The van der Waals surface area contributed by atoms with Crippen LogP contribution in [0.1, 0.15) is 0 Å². The third-order valence-electron chi connectivity index (χ3n) is 13.4. The van der Waals surface area contributed by atoms with Crippen molar-refractivity contribution in [3.8, 4) is 95.2 Å². The second-order valence-corrected chi connectivity index (χ2v) is 17.6. The highest BCUT2D eigenvalue weighted by molar-refractivity contribution is 6.00. The van der Waals surface area contributed by atoms with Crippen molar-refractivity contribution in [3.63, 3.8) is 0 Å². The van der Waals surface area contributed by atoms with Gasteiger partial charge in [0.15, 0.2) is 5.82 Å². The van der Waals surface area contributed by atoms with Crippen LogP contribution < -0.4 is 0 Å². The van der Waals surface area contributed by atoms with Gasteiger partial charge in [-0.3, -0.25) is 8.97 Å². The molecule has 328 valence electrons. The van der Waals surface area contributed by atoms with Crippen LogP contribution in [0.2, 0.25) is 0 Å². The van der Waals surface area contributed by atoms with E-state index in [-0.39, 0.29) is 0 Å². The average Bonchev–Trinajstić information content (AvgIpc) is 3.98. The van der Waals surface area contributed by atoms with Gasteiger partial charge in [-0.15, -0.1) is 0 Å². The summed E-state index contributed by atoms with van der Waals surface area (Å²) in [6, 6.07) is 92.3. The minimum absolute atomic E-state index is 0.670. The van der Waals surface area contributed by atoms with E-state index in [1.807, 2.05) is 12.1 Å². The molecule has 0 aliphatic rings. The van der Waals surface area contributed by atoms with Crippen molar-refractivity contribution in [3.05, 3.63) is 261 Å². The third-order valence-corrected chi connectivity index (χ3v) is 13.4. The fraction of sp³-hybridized carbons (Fsp3) is 0. The Bertz CT molecular complexity index is 3900. The van der Waals surface area contributed by atoms with Gasteiger partial charge in [0, 0.05) is 27.8 Å². The first-order valence-electron chi connectivity index (χ1n) is 23.7. The van der Waals surface area contributed by atoms with Crippen LogP contribution in [0.5, 0.6) is 0 Å². The van der Waals surface area contributed by atoms with Crippen molar-refractivity contribution in [1.29, 1.82) is 0 Å². The van der Waals surface area contributed by atoms with Crippen LogP contribution in [0.25, 0.3) is 123 Å². The van der Waals surface area contributed by atoms with E-state index >= 15 is 0 Å². The molecule has 3 aromatic heterocycles. The minimum Gasteiger partial charge on any atom is -0.277 e. The molecule has 0 aliphatic heterocycles. The molecular formula is C65H43N5. The molecule has 70 heavy (non-hydrogen) atoms. The van der Waals surface area contributed by atoms with E-state index < -0.39 is 0 Å². The van der Waals surface area contributed by atoms with Crippen LogP contribution in [0.15, 0.2) is 261 Å². The zero-order chi connectivity index (χ0) is 46.4. The van der Waals surface area contributed by atoms with Crippen molar-refractivity contribution in [2.45, 2.75) is 0 Å². The van der Waals surface area contributed by atoms with Gasteiger partial charge in [0.05, 0.1) is 39.1 Å². The van der Waals surface area contributed by atoms with Gasteiger partial charge in [0.2, 0.25) is 5.78 Å². The van der Waals surface area contributed by atoms with Crippen molar-refractivity contribution in [2.24, 2.45) is 0 Å². The van der Waals surface area contributed by atoms with Gasteiger partial charge in [-0.05, 0) is 80.9 Å². The van der Waals surface area contributed by atoms with Crippen LogP contribution in [0, 0.1) is 0 Å². The molecule has 5 heteroatoms. The summed E-state index contributed by atoms with van der Waals surface area (Å²) in [5, 5.41) is 0. The highest BCUT2D eigenvalue weighted by Gasteiger charge is 2.24. The van der Waals surface area contributed by atoms with E-state index in [2.05, 4.69) is 258 Å². The number of hydrogen-bond acceptors (Lipinski definition) is 3. The highest BCUT2D eigenvalue weighted by Crippen LogP contribution is 2.43. The summed E-state index contributed by atoms with van der Waals surface area (Å²) < 4.78 is 4.75. The molecule has 13 aromatic rings. The number of fused-ring (bicyclic) bond motifs is 5. The average molecular weight is 894 g/mol. The fourth-order valence-corrected chi connectivity index (χ4v) is 10.0. The predicted octanol–water partition coefficient (Wildman–Crippen LogP) is 16.6. The first-order chi connectivity index (χ1) is 34.7. The molecule has 0 bridgehead atoms. The first-order valence-corrected chi connectivity index (χ1v) is 23.7. The molecule has 0 saturated heterocycles. The maximum Gasteiger partial charge on any atom is 0.220 e. The summed E-state index contributed by atoms with van der Waals surface area (Å²) in [6.45, 7) is 0. The molecule has 0 N–H and O–H groups in total. The molecule has 0 atom stereocenters. The molecule has 0 fully saturated rings. The number of aromatic nitrogens is 5. The van der Waals surface area contributed by atoms with E-state index in [1.54, 1.807) is 0 Å². The van der Waals surface area contributed by atoms with Crippen molar-refractivity contribution >= 4 is 27.8 Å². The molecular weight excluding hydrogens is 851 g/mol. The predicted molar refractivity (Wildman–Crippen MR) is 289 cm³/mol. The second-order valence-electron chi connectivity index (χ2n) is 17.6. The Hall–Kier alpha value is -9.45. The van der Waals surface area contributed by atoms with Crippen LogP contribution in [-0.2, 0) is 0 Å². The van der Waals surface area contributed by atoms with Crippen LogP contribution in [-0.4, -0.2) is 23.9 Å². The van der Waals surface area contributed by atoms with Crippen LogP contribution >= 0.6 is 0 Å². The van der Waals surface area contributed by atoms with Gasteiger partial charge in [0.25, 0.3) is 0 Å². The molecule has 0 saturated carbocycles.